The van der Waals surface area contributed by atoms with E-state index in [0.29, 0.717) is 0 Å². The molecular formula is C125H98N6. The molecule has 21 rings (SSSR count). The topological polar surface area (TPSA) is 19.4 Å². The predicted octanol–water partition coefficient (Wildman–Crippen LogP) is 34.7. The van der Waals surface area contributed by atoms with Crippen LogP contribution in [-0.2, 0) is 0 Å². The Labute approximate surface area is 769 Å². The second-order valence-corrected chi connectivity index (χ2v) is 32.7. The van der Waals surface area contributed by atoms with E-state index in [9.17, 15) is 0 Å². The van der Waals surface area contributed by atoms with E-state index < -0.39 is 0 Å². The van der Waals surface area contributed by atoms with Gasteiger partial charge in [0.25, 0.3) is 0 Å². The lowest BCUT2D eigenvalue weighted by Gasteiger charge is -2.26. The normalized spacial score (nSPS) is 10.9. The Bertz CT molecular complexity index is 7290. The molecule has 0 atom stereocenters. The molecule has 0 aromatic heterocycles. The molecule has 0 radical (unpaired) electrons. The summed E-state index contributed by atoms with van der Waals surface area (Å²) in [6, 6.07) is 192. The van der Waals surface area contributed by atoms with Gasteiger partial charge in [0.1, 0.15) is 0 Å². The summed E-state index contributed by atoms with van der Waals surface area (Å²) < 4.78 is 0. The van der Waals surface area contributed by atoms with Crippen LogP contribution < -0.4 is 29.4 Å². The first-order valence-electron chi connectivity index (χ1n) is 44.7. The molecule has 6 nitrogen and oxygen atoms in total. The fourth-order valence-corrected chi connectivity index (χ4v) is 17.3. The second kappa shape index (κ2) is 39.6. The molecule has 6 heteroatoms. The molecular weight excluding hydrogens is 1590 g/mol. The average molecular weight is 1680 g/mol. The lowest BCUT2D eigenvalue weighted by Crippen LogP contribution is -2.10. The first kappa shape index (κ1) is 83.5. The van der Waals surface area contributed by atoms with Crippen LogP contribution in [0, 0.1) is 0 Å². The van der Waals surface area contributed by atoms with Crippen molar-refractivity contribution in [3.8, 4) is 77.9 Å². The first-order chi connectivity index (χ1) is 64.7. The Morgan fingerprint density at radius 2 is 0.321 bits per heavy atom. The molecule has 628 valence electrons. The fraction of sp³-hybridized carbons (Fsp3) is 0.0240. The van der Waals surface area contributed by atoms with Crippen molar-refractivity contribution >= 4 is 107 Å². The lowest BCUT2D eigenvalue weighted by atomic mass is 10.0. The molecule has 131 heavy (non-hydrogen) atoms. The van der Waals surface area contributed by atoms with Crippen molar-refractivity contribution < 1.29 is 0 Å². The van der Waals surface area contributed by atoms with Gasteiger partial charge in [-0.05, 0) is 270 Å². The third kappa shape index (κ3) is 19.4. The highest BCUT2D eigenvalue weighted by atomic mass is 15.2. The maximum absolute atomic E-state index is 2.32. The molecule has 0 saturated heterocycles. The van der Waals surface area contributed by atoms with E-state index >= 15 is 0 Å². The Balaban J connectivity index is 0.000000127. The van der Waals surface area contributed by atoms with Crippen molar-refractivity contribution in [2.24, 2.45) is 0 Å². The van der Waals surface area contributed by atoms with Gasteiger partial charge in [-0.15, -0.1) is 0 Å². The highest BCUT2D eigenvalue weighted by Crippen LogP contribution is 2.44. The van der Waals surface area contributed by atoms with E-state index in [4.69, 9.17) is 0 Å². The van der Waals surface area contributed by atoms with Crippen molar-refractivity contribution in [2.45, 2.75) is 0 Å². The summed E-state index contributed by atoms with van der Waals surface area (Å²) in [7, 11) is 6.38. The number of para-hydroxylation sites is 3. The van der Waals surface area contributed by atoms with Gasteiger partial charge in [-0.2, -0.15) is 0 Å². The molecule has 21 aromatic rings. The minimum Gasteiger partial charge on any atom is -0.345 e. The van der Waals surface area contributed by atoms with E-state index in [-0.39, 0.29) is 0 Å². The highest BCUT2D eigenvalue weighted by molar-refractivity contribution is 5.97. The van der Waals surface area contributed by atoms with Crippen LogP contribution in [0.5, 0.6) is 0 Å². The number of benzene rings is 21. The molecule has 0 heterocycles. The molecule has 0 amide bonds. The van der Waals surface area contributed by atoms with E-state index in [1.54, 1.807) is 0 Å². The minimum atomic E-state index is 1.12. The van der Waals surface area contributed by atoms with Crippen LogP contribution in [0.4, 0.5) is 85.3 Å². The molecule has 0 aliphatic carbocycles. The van der Waals surface area contributed by atoms with E-state index in [2.05, 4.69) is 590 Å². The van der Waals surface area contributed by atoms with Crippen LogP contribution >= 0.6 is 0 Å². The molecule has 0 spiro atoms. The van der Waals surface area contributed by atoms with Gasteiger partial charge in [-0.3, -0.25) is 0 Å². The minimum absolute atomic E-state index is 1.12. The van der Waals surface area contributed by atoms with Gasteiger partial charge in [0.05, 0.1) is 0 Å². The number of rotatable bonds is 22. The first-order valence-corrected chi connectivity index (χ1v) is 44.7. The number of fused-ring (bicyclic) bond motifs is 2. The summed E-state index contributed by atoms with van der Waals surface area (Å²) in [5, 5.41) is 5.01. The van der Waals surface area contributed by atoms with Crippen LogP contribution in [0.1, 0.15) is 0 Å². The number of nitrogens with zero attached hydrogens (tertiary/aromatic N) is 6. The molecule has 0 fully saturated rings. The van der Waals surface area contributed by atoms with Crippen LogP contribution in [-0.4, -0.2) is 21.1 Å². The highest BCUT2D eigenvalue weighted by Gasteiger charge is 2.20. The van der Waals surface area contributed by atoms with Crippen molar-refractivity contribution in [3.63, 3.8) is 0 Å². The number of hydrogen-bond acceptors (Lipinski definition) is 6. The Hall–Kier alpha value is -17.1. The average Bonchev–Trinajstić information content (AvgIpc) is 0.807. The van der Waals surface area contributed by atoms with Crippen molar-refractivity contribution in [2.75, 3.05) is 50.5 Å². The van der Waals surface area contributed by atoms with Crippen LogP contribution in [0.25, 0.3) is 99.4 Å². The summed E-state index contributed by atoms with van der Waals surface area (Å²) in [5.41, 5.74) is 33.9. The monoisotopic (exact) mass is 1680 g/mol. The third-order valence-electron chi connectivity index (χ3n) is 24.4. The van der Waals surface area contributed by atoms with Crippen LogP contribution in [0.2, 0.25) is 0 Å². The Morgan fingerprint density at radius 3 is 0.649 bits per heavy atom. The second-order valence-electron chi connectivity index (χ2n) is 32.7. The van der Waals surface area contributed by atoms with Crippen molar-refractivity contribution in [1.82, 2.24) is 0 Å². The molecule has 0 aliphatic rings. The van der Waals surface area contributed by atoms with Crippen molar-refractivity contribution in [3.05, 3.63) is 540 Å². The van der Waals surface area contributed by atoms with Gasteiger partial charge in [-0.1, -0.05) is 364 Å². The van der Waals surface area contributed by atoms with E-state index in [1.807, 2.05) is 0 Å². The Kier molecular flexibility index (Phi) is 25.3. The molecule has 0 N–H and O–H groups in total. The maximum Gasteiger partial charge on any atom is 0.0487 e. The zero-order chi connectivity index (χ0) is 88.4. The summed E-state index contributed by atoms with van der Waals surface area (Å²) in [5.74, 6) is 0. The van der Waals surface area contributed by atoms with Gasteiger partial charge < -0.3 is 29.4 Å². The van der Waals surface area contributed by atoms with Gasteiger partial charge >= 0.3 is 0 Å². The largest absolute Gasteiger partial charge is 0.345 e. The molecule has 0 unspecified atom stereocenters. The molecule has 21 aromatic carbocycles. The van der Waals surface area contributed by atoms with Crippen LogP contribution in [0.3, 0.4) is 0 Å². The summed E-state index contributed by atoms with van der Waals surface area (Å²) in [6.07, 6.45) is 0. The molecule has 0 bridgehead atoms. The van der Waals surface area contributed by atoms with Gasteiger partial charge in [-0.25, -0.2) is 0 Å². The summed E-state index contributed by atoms with van der Waals surface area (Å²) in [4.78, 5) is 13.7. The zero-order valence-electron chi connectivity index (χ0n) is 73.6. The number of hydrogen-bond donors (Lipinski definition) is 0. The number of anilines is 15. The maximum atomic E-state index is 2.32. The third-order valence-corrected chi connectivity index (χ3v) is 24.4. The van der Waals surface area contributed by atoms with Gasteiger partial charge in [0.15, 0.2) is 0 Å². The summed E-state index contributed by atoms with van der Waals surface area (Å²) >= 11 is 0. The zero-order valence-corrected chi connectivity index (χ0v) is 73.6. The Morgan fingerprint density at radius 1 is 0.115 bits per heavy atom. The van der Waals surface area contributed by atoms with Crippen LogP contribution in [0.15, 0.2) is 540 Å². The van der Waals surface area contributed by atoms with Gasteiger partial charge in [0.2, 0.25) is 0 Å². The standard InChI is InChI=1S/C43H34N2.2C41H32N2/c1-44(39-26-20-35(21-27-39)33-12-5-2-6-13-33)40-28-22-36(23-29-40)37-24-30-42(31-25-37)45(41-17-9-4-10-18-41)43-19-11-16-38(32-43)34-14-7-3-8-15-34;1-42(41-21-11-15-34-14-8-9-20-40(34)41)36-26-22-32(23-27-36)33-24-28-38(29-25-33)43(37-17-6-3-7-18-37)39-19-10-16-35(30-39)31-12-4-2-5-13-31;1-42(40-28-23-32-13-8-9-14-35(32)29-40)37-24-19-33(20-25-37)34-21-26-39(27-22-34)43(38-16-6-3-7-17-38)41-18-10-15-36(30-41)31-11-4-2-5-12-31/h2-32H,1H3;2*2-30H,1H3. The predicted molar refractivity (Wildman–Crippen MR) is 560 cm³/mol. The lowest BCUT2D eigenvalue weighted by molar-refractivity contribution is 1.21. The summed E-state index contributed by atoms with van der Waals surface area (Å²) in [6.45, 7) is 0. The SMILES string of the molecule is CN(c1ccc(-c2ccc(N(c3ccccc3)c3cccc(-c4ccccc4)c3)cc2)cc1)c1ccc2ccccc2c1.CN(c1ccc(-c2ccc(N(c3ccccc3)c3cccc(-c4ccccc4)c3)cc2)cc1)c1cccc2ccccc12.CN(c1ccc(-c2ccccc2)cc1)c1ccc(-c2ccc(N(c3ccccc3)c3cccc(-c4ccccc4)c3)cc2)cc1. The van der Waals surface area contributed by atoms with Crippen molar-refractivity contribution in [1.29, 1.82) is 0 Å². The quantitative estimate of drug-likeness (QED) is 0.0669. The molecule has 0 aliphatic heterocycles. The van der Waals surface area contributed by atoms with Gasteiger partial charge in [0, 0.05) is 112 Å². The molecule has 0 saturated carbocycles. The fourth-order valence-electron chi connectivity index (χ4n) is 17.3. The van der Waals surface area contributed by atoms with E-state index in [0.717, 1.165) is 73.9 Å². The van der Waals surface area contributed by atoms with E-state index in [1.165, 1.54) is 111 Å². The smallest absolute Gasteiger partial charge is 0.0487 e.